The zero-order valence-corrected chi connectivity index (χ0v) is 12.1. The molecule has 2 aromatic rings. The van der Waals surface area contributed by atoms with Crippen molar-refractivity contribution in [3.05, 3.63) is 51.6 Å². The lowest BCUT2D eigenvalue weighted by Crippen LogP contribution is -2.07. The maximum Gasteiger partial charge on any atom is 0.124 e. The normalized spacial score (nSPS) is 12.5. The maximum atomic E-state index is 13.0. The van der Waals surface area contributed by atoms with Crippen LogP contribution in [0, 0.1) is 19.7 Å². The van der Waals surface area contributed by atoms with Crippen LogP contribution in [0.15, 0.2) is 33.2 Å². The molecule has 0 fully saturated rings. The van der Waals surface area contributed by atoms with Crippen molar-refractivity contribution in [3.8, 4) is 0 Å². The summed E-state index contributed by atoms with van der Waals surface area (Å²) in [5, 5.41) is 3.33. The topological polar surface area (TPSA) is 25.2 Å². The minimum Gasteiger partial charge on any atom is -0.466 e. The van der Waals surface area contributed by atoms with Gasteiger partial charge in [0, 0.05) is 15.7 Å². The summed E-state index contributed by atoms with van der Waals surface area (Å²) < 4.78 is 19.2. The minimum absolute atomic E-state index is 0.101. The van der Waals surface area contributed by atoms with Crippen molar-refractivity contribution >= 4 is 21.6 Å². The fourth-order valence-corrected chi connectivity index (χ4v) is 2.46. The Hall–Kier alpha value is -1.29. The predicted octanol–water partition coefficient (Wildman–Crippen LogP) is 4.97. The second-order valence-electron chi connectivity index (χ2n) is 4.36. The number of benzene rings is 1. The summed E-state index contributed by atoms with van der Waals surface area (Å²) in [6.45, 7) is 5.92. The van der Waals surface area contributed by atoms with Gasteiger partial charge >= 0.3 is 0 Å². The van der Waals surface area contributed by atoms with Crippen molar-refractivity contribution < 1.29 is 8.81 Å². The summed E-state index contributed by atoms with van der Waals surface area (Å²) in [5.74, 6) is 1.55. The number of nitrogens with one attached hydrogen (secondary N) is 1. The molecule has 4 heteroatoms. The standard InChI is InChI=1S/C14H15BrFNO/c1-8-6-12(10(3)18-8)9(2)17-14-5-4-11(16)7-13(14)15/h4-7,9,17H,1-3H3. The van der Waals surface area contributed by atoms with Gasteiger partial charge in [0.25, 0.3) is 0 Å². The lowest BCUT2D eigenvalue weighted by molar-refractivity contribution is 0.500. The summed E-state index contributed by atoms with van der Waals surface area (Å²) >= 11 is 3.35. The van der Waals surface area contributed by atoms with Crippen LogP contribution in [0.3, 0.4) is 0 Å². The summed E-state index contributed by atoms with van der Waals surface area (Å²) in [5.41, 5.74) is 1.98. The molecular formula is C14H15BrFNO. The van der Waals surface area contributed by atoms with Gasteiger partial charge in [-0.25, -0.2) is 4.39 Å². The van der Waals surface area contributed by atoms with E-state index in [2.05, 4.69) is 21.2 Å². The van der Waals surface area contributed by atoms with E-state index in [-0.39, 0.29) is 11.9 Å². The van der Waals surface area contributed by atoms with E-state index >= 15 is 0 Å². The average molecular weight is 312 g/mol. The van der Waals surface area contributed by atoms with Crippen molar-refractivity contribution in [1.29, 1.82) is 0 Å². The molecule has 96 valence electrons. The molecule has 0 aliphatic carbocycles. The van der Waals surface area contributed by atoms with Gasteiger partial charge in [-0.15, -0.1) is 0 Å². The van der Waals surface area contributed by atoms with Gasteiger partial charge in [-0.05, 0) is 61.0 Å². The fraction of sp³-hybridized carbons (Fsp3) is 0.286. The number of anilines is 1. The fourth-order valence-electron chi connectivity index (χ4n) is 2.00. The number of furan rings is 1. The molecule has 2 nitrogen and oxygen atoms in total. The van der Waals surface area contributed by atoms with E-state index < -0.39 is 0 Å². The first kappa shape index (κ1) is 13.1. The highest BCUT2D eigenvalue weighted by molar-refractivity contribution is 9.10. The summed E-state index contributed by atoms with van der Waals surface area (Å²) in [7, 11) is 0. The minimum atomic E-state index is -0.254. The van der Waals surface area contributed by atoms with Gasteiger partial charge in [0.05, 0.1) is 6.04 Å². The Balaban J connectivity index is 2.21. The van der Waals surface area contributed by atoms with E-state index in [1.54, 1.807) is 6.07 Å². The number of halogens is 2. The molecular weight excluding hydrogens is 297 g/mol. The summed E-state index contributed by atoms with van der Waals surface area (Å²) in [6, 6.07) is 6.72. The molecule has 1 aromatic heterocycles. The maximum absolute atomic E-state index is 13.0. The molecule has 0 spiro atoms. The van der Waals surface area contributed by atoms with E-state index in [0.29, 0.717) is 4.47 Å². The average Bonchev–Trinajstić information content (AvgIpc) is 2.62. The van der Waals surface area contributed by atoms with Gasteiger partial charge in [-0.1, -0.05) is 0 Å². The van der Waals surface area contributed by atoms with Crippen LogP contribution < -0.4 is 5.32 Å². The SMILES string of the molecule is Cc1cc(C(C)Nc2ccc(F)cc2Br)c(C)o1. The lowest BCUT2D eigenvalue weighted by atomic mass is 10.1. The first-order valence-corrected chi connectivity index (χ1v) is 6.55. The van der Waals surface area contributed by atoms with E-state index in [4.69, 9.17) is 4.42 Å². The quantitative estimate of drug-likeness (QED) is 0.865. The molecule has 0 amide bonds. The van der Waals surface area contributed by atoms with Crippen LogP contribution in [-0.4, -0.2) is 0 Å². The molecule has 0 bridgehead atoms. The highest BCUT2D eigenvalue weighted by atomic mass is 79.9. The lowest BCUT2D eigenvalue weighted by Gasteiger charge is -2.16. The largest absolute Gasteiger partial charge is 0.466 e. The monoisotopic (exact) mass is 311 g/mol. The molecule has 1 atom stereocenters. The molecule has 0 aliphatic rings. The molecule has 1 heterocycles. The van der Waals surface area contributed by atoms with Crippen LogP contribution in [0.5, 0.6) is 0 Å². The summed E-state index contributed by atoms with van der Waals surface area (Å²) in [4.78, 5) is 0. The molecule has 1 aromatic carbocycles. The van der Waals surface area contributed by atoms with Crippen LogP contribution in [0.2, 0.25) is 0 Å². The van der Waals surface area contributed by atoms with Crippen LogP contribution in [0.4, 0.5) is 10.1 Å². The third-order valence-electron chi connectivity index (χ3n) is 2.85. The Morgan fingerprint density at radius 1 is 1.28 bits per heavy atom. The number of hydrogen-bond donors (Lipinski definition) is 1. The van der Waals surface area contributed by atoms with Crippen molar-refractivity contribution in [1.82, 2.24) is 0 Å². The zero-order chi connectivity index (χ0) is 13.3. The van der Waals surface area contributed by atoms with Crippen LogP contribution in [0.25, 0.3) is 0 Å². The van der Waals surface area contributed by atoms with Gasteiger partial charge in [-0.2, -0.15) is 0 Å². The van der Waals surface area contributed by atoms with E-state index in [9.17, 15) is 4.39 Å². The Morgan fingerprint density at radius 3 is 2.56 bits per heavy atom. The summed E-state index contributed by atoms with van der Waals surface area (Å²) in [6.07, 6.45) is 0. The highest BCUT2D eigenvalue weighted by Crippen LogP contribution is 2.29. The van der Waals surface area contributed by atoms with Crippen molar-refractivity contribution in [2.75, 3.05) is 5.32 Å². The molecule has 0 saturated heterocycles. The van der Waals surface area contributed by atoms with E-state index in [0.717, 1.165) is 22.8 Å². The Labute approximate surface area is 114 Å². The molecule has 1 unspecified atom stereocenters. The molecule has 18 heavy (non-hydrogen) atoms. The third kappa shape index (κ3) is 2.75. The molecule has 0 aliphatic heterocycles. The first-order valence-electron chi connectivity index (χ1n) is 5.76. The van der Waals surface area contributed by atoms with Gasteiger partial charge in [0.15, 0.2) is 0 Å². The highest BCUT2D eigenvalue weighted by Gasteiger charge is 2.13. The second-order valence-corrected chi connectivity index (χ2v) is 5.21. The third-order valence-corrected chi connectivity index (χ3v) is 3.51. The van der Waals surface area contributed by atoms with Crippen LogP contribution in [0.1, 0.15) is 30.0 Å². The molecule has 2 rings (SSSR count). The van der Waals surface area contributed by atoms with E-state index in [1.807, 2.05) is 26.8 Å². The Bertz CT molecular complexity index is 565. The van der Waals surface area contributed by atoms with Crippen LogP contribution >= 0.6 is 15.9 Å². The molecule has 1 N–H and O–H groups in total. The van der Waals surface area contributed by atoms with Crippen molar-refractivity contribution in [2.45, 2.75) is 26.8 Å². The van der Waals surface area contributed by atoms with Gasteiger partial charge in [0.1, 0.15) is 17.3 Å². The number of aryl methyl sites for hydroxylation is 2. The smallest absolute Gasteiger partial charge is 0.124 e. The molecule has 0 saturated carbocycles. The Kier molecular flexibility index (Phi) is 3.76. The number of hydrogen-bond acceptors (Lipinski definition) is 2. The van der Waals surface area contributed by atoms with Gasteiger partial charge < -0.3 is 9.73 Å². The Morgan fingerprint density at radius 2 is 2.00 bits per heavy atom. The van der Waals surface area contributed by atoms with Gasteiger partial charge in [-0.3, -0.25) is 0 Å². The molecule has 0 radical (unpaired) electrons. The van der Waals surface area contributed by atoms with Gasteiger partial charge in [0.2, 0.25) is 0 Å². The van der Waals surface area contributed by atoms with E-state index in [1.165, 1.54) is 12.1 Å². The zero-order valence-electron chi connectivity index (χ0n) is 10.6. The predicted molar refractivity (Wildman–Crippen MR) is 74.3 cm³/mol. The van der Waals surface area contributed by atoms with Crippen molar-refractivity contribution in [3.63, 3.8) is 0 Å². The van der Waals surface area contributed by atoms with Crippen LogP contribution in [-0.2, 0) is 0 Å². The first-order chi connectivity index (χ1) is 8.47. The second kappa shape index (κ2) is 5.14. The number of rotatable bonds is 3. The van der Waals surface area contributed by atoms with Crippen molar-refractivity contribution in [2.24, 2.45) is 0 Å².